The highest BCUT2D eigenvalue weighted by Crippen LogP contribution is 2.19. The number of carbonyl (C=O) groups excluding carboxylic acids is 2. The molecule has 2 amide bonds. The first kappa shape index (κ1) is 21.4. The third-order valence-electron chi connectivity index (χ3n) is 3.89. The maximum atomic E-state index is 11.4. The number of fused-ring (bicyclic) bond motifs is 2. The molecular formula is C18H14BrClN4O6. The molecule has 0 unspecified atom stereocenters. The zero-order valence-corrected chi connectivity index (χ0v) is 17.5. The number of halogens is 2. The van der Waals surface area contributed by atoms with Gasteiger partial charge < -0.3 is 20.3 Å². The second-order valence-corrected chi connectivity index (χ2v) is 7.42. The number of primary amides is 2. The molecule has 4 rings (SSSR count). The maximum Gasteiger partial charge on any atom is 0.420 e. The van der Waals surface area contributed by atoms with Crippen molar-refractivity contribution in [3.8, 4) is 0 Å². The topological polar surface area (TPSA) is 156 Å². The monoisotopic (exact) mass is 496 g/mol. The van der Waals surface area contributed by atoms with E-state index in [1.165, 1.54) is 10.6 Å². The lowest BCUT2D eigenvalue weighted by atomic mass is 10.3. The highest BCUT2D eigenvalue weighted by Gasteiger charge is 2.11. The molecule has 0 spiro atoms. The van der Waals surface area contributed by atoms with Gasteiger partial charge in [-0.05, 0) is 30.3 Å². The van der Waals surface area contributed by atoms with E-state index < -0.39 is 23.3 Å². The smallest absolute Gasteiger partial charge is 0.408 e. The van der Waals surface area contributed by atoms with Crippen molar-refractivity contribution in [1.29, 1.82) is 0 Å². The molecule has 2 heterocycles. The highest BCUT2D eigenvalue weighted by molar-refractivity contribution is 9.10. The van der Waals surface area contributed by atoms with E-state index in [-0.39, 0.29) is 13.1 Å². The standard InChI is InChI=1S/C9H7BrN2O3.C9H7ClN2O3/c2*10-5-1-2-6-7(3-5)15-9(14)12(6)4-8(11)13/h2*1-3H,4H2,(H2,11,13). The molecule has 12 heteroatoms. The molecular weight excluding hydrogens is 484 g/mol. The minimum atomic E-state index is -0.619. The van der Waals surface area contributed by atoms with E-state index in [2.05, 4.69) is 15.9 Å². The Labute approximate surface area is 180 Å². The van der Waals surface area contributed by atoms with E-state index in [9.17, 15) is 19.2 Å². The molecule has 0 fully saturated rings. The number of oxazole rings is 2. The van der Waals surface area contributed by atoms with Crippen LogP contribution in [0.1, 0.15) is 0 Å². The first-order valence-corrected chi connectivity index (χ1v) is 9.47. The van der Waals surface area contributed by atoms with Crippen LogP contribution < -0.4 is 23.0 Å². The molecule has 0 bridgehead atoms. The number of benzene rings is 2. The zero-order valence-electron chi connectivity index (χ0n) is 15.1. The number of nitrogens with zero attached hydrogens (tertiary/aromatic N) is 2. The van der Waals surface area contributed by atoms with Gasteiger partial charge in [0.2, 0.25) is 11.8 Å². The third-order valence-corrected chi connectivity index (χ3v) is 4.62. The van der Waals surface area contributed by atoms with Gasteiger partial charge in [-0.1, -0.05) is 27.5 Å². The number of amides is 2. The number of rotatable bonds is 4. The third kappa shape index (κ3) is 4.63. The Kier molecular flexibility index (Phi) is 6.13. The molecule has 0 atom stereocenters. The van der Waals surface area contributed by atoms with Crippen molar-refractivity contribution >= 4 is 61.5 Å². The largest absolute Gasteiger partial charge is 0.420 e. The van der Waals surface area contributed by atoms with Crippen LogP contribution in [0.3, 0.4) is 0 Å². The summed E-state index contributed by atoms with van der Waals surface area (Å²) in [6.07, 6.45) is 0. The fraction of sp³-hybridized carbons (Fsp3) is 0.111. The molecule has 10 nitrogen and oxygen atoms in total. The molecule has 0 saturated heterocycles. The minimum absolute atomic E-state index is 0.173. The van der Waals surface area contributed by atoms with Gasteiger partial charge in [0.15, 0.2) is 11.2 Å². The summed E-state index contributed by atoms with van der Waals surface area (Å²) in [6.45, 7) is -0.374. The quantitative estimate of drug-likeness (QED) is 0.436. The van der Waals surface area contributed by atoms with Crippen molar-refractivity contribution in [2.45, 2.75) is 13.1 Å². The highest BCUT2D eigenvalue weighted by atomic mass is 79.9. The van der Waals surface area contributed by atoms with Crippen molar-refractivity contribution in [3.05, 3.63) is 67.0 Å². The fourth-order valence-corrected chi connectivity index (χ4v) is 3.19. The molecule has 0 saturated carbocycles. The van der Waals surface area contributed by atoms with Crippen LogP contribution in [-0.4, -0.2) is 20.9 Å². The van der Waals surface area contributed by atoms with Crippen molar-refractivity contribution in [1.82, 2.24) is 9.13 Å². The van der Waals surface area contributed by atoms with Crippen molar-refractivity contribution < 1.29 is 18.4 Å². The summed E-state index contributed by atoms with van der Waals surface area (Å²) in [5.41, 5.74) is 11.9. The van der Waals surface area contributed by atoms with E-state index in [0.29, 0.717) is 27.2 Å². The summed E-state index contributed by atoms with van der Waals surface area (Å²) >= 11 is 8.98. The molecule has 4 N–H and O–H groups in total. The van der Waals surface area contributed by atoms with E-state index in [4.69, 9.17) is 31.9 Å². The minimum Gasteiger partial charge on any atom is -0.408 e. The molecule has 0 radical (unpaired) electrons. The molecule has 156 valence electrons. The van der Waals surface area contributed by atoms with Crippen LogP contribution >= 0.6 is 27.5 Å². The molecule has 2 aromatic carbocycles. The zero-order chi connectivity index (χ0) is 22.0. The Hall–Kier alpha value is -3.31. The summed E-state index contributed by atoms with van der Waals surface area (Å²) in [4.78, 5) is 44.2. The predicted octanol–water partition coefficient (Wildman–Crippen LogP) is 1.58. The first-order chi connectivity index (χ1) is 14.2. The summed E-state index contributed by atoms with van der Waals surface area (Å²) in [6, 6.07) is 9.83. The summed E-state index contributed by atoms with van der Waals surface area (Å²) in [7, 11) is 0. The number of hydrogen-bond donors (Lipinski definition) is 2. The van der Waals surface area contributed by atoms with Crippen molar-refractivity contribution in [3.63, 3.8) is 0 Å². The van der Waals surface area contributed by atoms with Gasteiger partial charge in [0.1, 0.15) is 13.1 Å². The molecule has 0 aliphatic carbocycles. The van der Waals surface area contributed by atoms with Gasteiger partial charge in [0, 0.05) is 15.6 Å². The second kappa shape index (κ2) is 8.59. The molecule has 0 aliphatic rings. The molecule has 2 aromatic heterocycles. The van der Waals surface area contributed by atoms with E-state index in [1.54, 1.807) is 30.3 Å². The Morgan fingerprint density at radius 3 is 1.83 bits per heavy atom. The van der Waals surface area contributed by atoms with Gasteiger partial charge >= 0.3 is 11.5 Å². The van der Waals surface area contributed by atoms with Crippen LogP contribution in [0.15, 0.2) is 59.3 Å². The fourth-order valence-electron chi connectivity index (χ4n) is 2.69. The van der Waals surface area contributed by atoms with Gasteiger partial charge in [0.05, 0.1) is 11.0 Å². The lowest BCUT2D eigenvalue weighted by molar-refractivity contribution is -0.119. The molecule has 4 aromatic rings. The van der Waals surface area contributed by atoms with Crippen LogP contribution in [0.4, 0.5) is 0 Å². The van der Waals surface area contributed by atoms with E-state index in [0.717, 1.165) is 9.04 Å². The number of carbonyl (C=O) groups is 2. The SMILES string of the molecule is NC(=O)Cn1c(=O)oc2cc(Br)ccc21.NC(=O)Cn1c(=O)oc2cc(Cl)ccc21. The van der Waals surface area contributed by atoms with Crippen LogP contribution in [0.2, 0.25) is 5.02 Å². The Bertz CT molecular complexity index is 1280. The maximum absolute atomic E-state index is 11.4. The Balaban J connectivity index is 0.000000171. The van der Waals surface area contributed by atoms with Crippen LogP contribution in [-0.2, 0) is 22.7 Å². The number of nitrogens with two attached hydrogens (primary N) is 2. The summed E-state index contributed by atoms with van der Waals surface area (Å²) in [5, 5.41) is 0.461. The van der Waals surface area contributed by atoms with Gasteiger partial charge in [-0.3, -0.25) is 18.7 Å². The lowest BCUT2D eigenvalue weighted by Crippen LogP contribution is -2.24. The normalized spacial score (nSPS) is 10.7. The van der Waals surface area contributed by atoms with Gasteiger partial charge in [-0.25, -0.2) is 9.59 Å². The van der Waals surface area contributed by atoms with Gasteiger partial charge in [-0.15, -0.1) is 0 Å². The predicted molar refractivity (Wildman–Crippen MR) is 112 cm³/mol. The van der Waals surface area contributed by atoms with Crippen molar-refractivity contribution in [2.75, 3.05) is 0 Å². The Morgan fingerprint density at radius 2 is 1.33 bits per heavy atom. The number of aromatic nitrogens is 2. The molecule has 0 aliphatic heterocycles. The number of hydrogen-bond acceptors (Lipinski definition) is 6. The first-order valence-electron chi connectivity index (χ1n) is 8.30. The summed E-state index contributed by atoms with van der Waals surface area (Å²) < 4.78 is 13.0. The van der Waals surface area contributed by atoms with E-state index >= 15 is 0 Å². The average Bonchev–Trinajstić information content (AvgIpc) is 3.10. The van der Waals surface area contributed by atoms with Gasteiger partial charge in [-0.2, -0.15) is 0 Å². The Morgan fingerprint density at radius 1 is 0.867 bits per heavy atom. The average molecular weight is 498 g/mol. The van der Waals surface area contributed by atoms with Gasteiger partial charge in [0.25, 0.3) is 0 Å². The van der Waals surface area contributed by atoms with Crippen LogP contribution in [0.25, 0.3) is 22.2 Å². The summed E-state index contributed by atoms with van der Waals surface area (Å²) in [5.74, 6) is -2.38. The van der Waals surface area contributed by atoms with Crippen LogP contribution in [0, 0.1) is 0 Å². The van der Waals surface area contributed by atoms with Crippen molar-refractivity contribution in [2.24, 2.45) is 11.5 Å². The lowest BCUT2D eigenvalue weighted by Gasteiger charge is -1.97. The van der Waals surface area contributed by atoms with Crippen LogP contribution in [0.5, 0.6) is 0 Å². The van der Waals surface area contributed by atoms with E-state index in [1.807, 2.05) is 0 Å². The second-order valence-electron chi connectivity index (χ2n) is 6.06. The molecule has 30 heavy (non-hydrogen) atoms.